The van der Waals surface area contributed by atoms with Crippen LogP contribution in [0.1, 0.15) is 12.5 Å². The summed E-state index contributed by atoms with van der Waals surface area (Å²) in [5.41, 5.74) is 8.10. The second kappa shape index (κ2) is 7.40. The molecule has 0 aliphatic carbocycles. The summed E-state index contributed by atoms with van der Waals surface area (Å²) in [5, 5.41) is 2.68. The Labute approximate surface area is 119 Å². The van der Waals surface area contributed by atoms with Gasteiger partial charge >= 0.3 is 0 Å². The average molecular weight is 281 g/mol. The molecule has 1 unspecified atom stereocenters. The fourth-order valence-corrected chi connectivity index (χ4v) is 2.80. The first-order valence-electron chi connectivity index (χ1n) is 6.33. The molecule has 3 N–H and O–H groups in total. The molecule has 0 saturated carbocycles. The van der Waals surface area contributed by atoms with Gasteiger partial charge in [0.25, 0.3) is 0 Å². The molecule has 0 aliphatic rings. The molecule has 1 rings (SSSR count). The SMILES string of the molecule is CNC(=O)C(C)CN(C)c1cccc(SC)c1CN. The lowest BCUT2D eigenvalue weighted by Crippen LogP contribution is -2.34. The third-order valence-electron chi connectivity index (χ3n) is 3.19. The van der Waals surface area contributed by atoms with Gasteiger partial charge in [0.15, 0.2) is 0 Å². The van der Waals surface area contributed by atoms with Crippen LogP contribution in [0.15, 0.2) is 23.1 Å². The highest BCUT2D eigenvalue weighted by Crippen LogP contribution is 2.29. The molecule has 1 amide bonds. The largest absolute Gasteiger partial charge is 0.374 e. The van der Waals surface area contributed by atoms with Crippen LogP contribution in [0.3, 0.4) is 0 Å². The van der Waals surface area contributed by atoms with E-state index in [1.54, 1.807) is 18.8 Å². The lowest BCUT2D eigenvalue weighted by atomic mass is 10.1. The molecule has 0 spiro atoms. The van der Waals surface area contributed by atoms with E-state index in [4.69, 9.17) is 5.73 Å². The molecule has 1 aromatic rings. The number of amides is 1. The Bertz CT molecular complexity index is 437. The quantitative estimate of drug-likeness (QED) is 0.779. The molecule has 1 aromatic carbocycles. The van der Waals surface area contributed by atoms with Crippen LogP contribution in [0.4, 0.5) is 5.69 Å². The number of hydrogen-bond acceptors (Lipinski definition) is 4. The highest BCUT2D eigenvalue weighted by atomic mass is 32.2. The van der Waals surface area contributed by atoms with E-state index in [0.717, 1.165) is 11.3 Å². The van der Waals surface area contributed by atoms with Crippen LogP contribution in [0.2, 0.25) is 0 Å². The van der Waals surface area contributed by atoms with Gasteiger partial charge < -0.3 is 16.0 Å². The predicted octanol–water partition coefficient (Wildman–Crippen LogP) is 1.69. The molecule has 1 atom stereocenters. The van der Waals surface area contributed by atoms with E-state index in [1.807, 2.05) is 26.3 Å². The molecule has 4 nitrogen and oxygen atoms in total. The van der Waals surface area contributed by atoms with Crippen molar-refractivity contribution in [3.05, 3.63) is 23.8 Å². The van der Waals surface area contributed by atoms with Crippen LogP contribution >= 0.6 is 11.8 Å². The van der Waals surface area contributed by atoms with Gasteiger partial charge in [0.1, 0.15) is 0 Å². The van der Waals surface area contributed by atoms with E-state index in [0.29, 0.717) is 13.1 Å². The minimum Gasteiger partial charge on any atom is -0.374 e. The van der Waals surface area contributed by atoms with Crippen LogP contribution in [0.25, 0.3) is 0 Å². The number of carbonyl (C=O) groups is 1. The summed E-state index contributed by atoms with van der Waals surface area (Å²) in [6.45, 7) is 3.10. The van der Waals surface area contributed by atoms with Crippen molar-refractivity contribution in [1.29, 1.82) is 0 Å². The van der Waals surface area contributed by atoms with Gasteiger partial charge in [-0.15, -0.1) is 11.8 Å². The summed E-state index contributed by atoms with van der Waals surface area (Å²) in [4.78, 5) is 14.9. The Kier molecular flexibility index (Phi) is 6.18. The Hall–Kier alpha value is -1.20. The van der Waals surface area contributed by atoms with E-state index < -0.39 is 0 Å². The molecule has 5 heteroatoms. The number of anilines is 1. The van der Waals surface area contributed by atoms with E-state index in [-0.39, 0.29) is 11.8 Å². The Balaban J connectivity index is 2.93. The summed E-state index contributed by atoms with van der Waals surface area (Å²) < 4.78 is 0. The van der Waals surface area contributed by atoms with E-state index in [1.165, 1.54) is 4.90 Å². The number of nitrogens with one attached hydrogen (secondary N) is 1. The third-order valence-corrected chi connectivity index (χ3v) is 4.01. The summed E-state index contributed by atoms with van der Waals surface area (Å²) in [7, 11) is 3.66. The smallest absolute Gasteiger partial charge is 0.224 e. The fraction of sp³-hybridized carbons (Fsp3) is 0.500. The van der Waals surface area contributed by atoms with Crippen molar-refractivity contribution >= 4 is 23.4 Å². The third kappa shape index (κ3) is 3.88. The van der Waals surface area contributed by atoms with Gasteiger partial charge in [-0.2, -0.15) is 0 Å². The zero-order chi connectivity index (χ0) is 14.4. The maximum atomic E-state index is 11.6. The molecule has 0 radical (unpaired) electrons. The monoisotopic (exact) mass is 281 g/mol. The van der Waals surface area contributed by atoms with Crippen molar-refractivity contribution in [2.75, 3.05) is 31.8 Å². The molecular formula is C14H23N3OS. The van der Waals surface area contributed by atoms with Crippen molar-refractivity contribution in [1.82, 2.24) is 5.32 Å². The molecule has 0 fully saturated rings. The summed E-state index contributed by atoms with van der Waals surface area (Å²) in [6, 6.07) is 6.16. The van der Waals surface area contributed by atoms with Gasteiger partial charge in [-0.3, -0.25) is 4.79 Å². The van der Waals surface area contributed by atoms with Crippen molar-refractivity contribution in [3.63, 3.8) is 0 Å². The van der Waals surface area contributed by atoms with Gasteiger partial charge in [0, 0.05) is 43.3 Å². The van der Waals surface area contributed by atoms with Gasteiger partial charge in [-0.05, 0) is 18.4 Å². The summed E-state index contributed by atoms with van der Waals surface area (Å²) >= 11 is 1.70. The second-order valence-electron chi connectivity index (χ2n) is 4.56. The number of carbonyl (C=O) groups excluding carboxylic acids is 1. The van der Waals surface area contributed by atoms with Crippen molar-refractivity contribution < 1.29 is 4.79 Å². The van der Waals surface area contributed by atoms with Crippen molar-refractivity contribution in [2.24, 2.45) is 11.7 Å². The van der Waals surface area contributed by atoms with Gasteiger partial charge in [0.2, 0.25) is 5.91 Å². The van der Waals surface area contributed by atoms with E-state index in [9.17, 15) is 4.79 Å². The summed E-state index contributed by atoms with van der Waals surface area (Å²) in [6.07, 6.45) is 2.05. The zero-order valence-corrected chi connectivity index (χ0v) is 12.9. The Morgan fingerprint density at radius 1 is 1.53 bits per heavy atom. The minimum absolute atomic E-state index is 0.0569. The number of thioether (sulfide) groups is 1. The van der Waals surface area contributed by atoms with Crippen LogP contribution in [-0.4, -0.2) is 32.8 Å². The fourth-order valence-electron chi connectivity index (χ4n) is 2.15. The molecule has 0 saturated heterocycles. The molecule has 106 valence electrons. The first-order chi connectivity index (χ1) is 9.04. The second-order valence-corrected chi connectivity index (χ2v) is 5.41. The number of benzene rings is 1. The van der Waals surface area contributed by atoms with Crippen LogP contribution in [0.5, 0.6) is 0 Å². The van der Waals surface area contributed by atoms with Crippen molar-refractivity contribution in [2.45, 2.75) is 18.4 Å². The minimum atomic E-state index is -0.0569. The lowest BCUT2D eigenvalue weighted by molar-refractivity contribution is -0.123. The van der Waals surface area contributed by atoms with Crippen LogP contribution < -0.4 is 16.0 Å². The molecular weight excluding hydrogens is 258 g/mol. The Morgan fingerprint density at radius 2 is 2.21 bits per heavy atom. The molecule has 0 bridgehead atoms. The molecule has 0 heterocycles. The van der Waals surface area contributed by atoms with Gasteiger partial charge in [-0.25, -0.2) is 0 Å². The Morgan fingerprint density at radius 3 is 2.74 bits per heavy atom. The van der Waals surface area contributed by atoms with Crippen LogP contribution in [-0.2, 0) is 11.3 Å². The van der Waals surface area contributed by atoms with Crippen molar-refractivity contribution in [3.8, 4) is 0 Å². The summed E-state index contributed by atoms with van der Waals surface area (Å²) in [5.74, 6) is 0.000676. The topological polar surface area (TPSA) is 58.4 Å². The van der Waals surface area contributed by atoms with Gasteiger partial charge in [0.05, 0.1) is 5.92 Å². The highest BCUT2D eigenvalue weighted by Gasteiger charge is 2.16. The average Bonchev–Trinajstić information content (AvgIpc) is 2.44. The number of rotatable bonds is 6. The standard InChI is InChI=1S/C14H23N3OS/c1-10(14(18)16-2)9-17(3)12-6-5-7-13(19-4)11(12)8-15/h5-7,10H,8-9,15H2,1-4H3,(H,16,18). The van der Waals surface area contributed by atoms with Gasteiger partial charge in [-0.1, -0.05) is 13.0 Å². The molecule has 0 aliphatic heterocycles. The number of nitrogens with two attached hydrogens (primary N) is 1. The van der Waals surface area contributed by atoms with E-state index in [2.05, 4.69) is 22.3 Å². The molecule has 19 heavy (non-hydrogen) atoms. The normalized spacial score (nSPS) is 12.1. The maximum absolute atomic E-state index is 11.6. The first-order valence-corrected chi connectivity index (χ1v) is 7.56. The zero-order valence-electron chi connectivity index (χ0n) is 12.1. The maximum Gasteiger partial charge on any atom is 0.224 e. The van der Waals surface area contributed by atoms with Crippen LogP contribution in [0, 0.1) is 5.92 Å². The first kappa shape index (κ1) is 15.9. The lowest BCUT2D eigenvalue weighted by Gasteiger charge is -2.26. The highest BCUT2D eigenvalue weighted by molar-refractivity contribution is 7.98. The van der Waals surface area contributed by atoms with E-state index >= 15 is 0 Å². The predicted molar refractivity (Wildman–Crippen MR) is 82.6 cm³/mol. The molecule has 0 aromatic heterocycles. The number of nitrogens with zero attached hydrogens (tertiary/aromatic N) is 1. The number of hydrogen-bond donors (Lipinski definition) is 2.